The molecule has 3 N–H and O–H groups in total. The second-order valence-electron chi connectivity index (χ2n) is 4.14. The number of hydrogen-bond donors (Lipinski definition) is 2. The van der Waals surface area contributed by atoms with E-state index < -0.39 is 0 Å². The molecule has 0 amide bonds. The van der Waals surface area contributed by atoms with Crippen LogP contribution in [0.25, 0.3) is 11.0 Å². The molecule has 0 spiro atoms. The molecule has 86 valence electrons. The molecule has 1 aromatic heterocycles. The minimum Gasteiger partial charge on any atom is -0.328 e. The first-order chi connectivity index (χ1) is 7.49. The molecule has 0 aliphatic rings. The highest BCUT2D eigenvalue weighted by molar-refractivity contribution is 6.35. The van der Waals surface area contributed by atoms with Crippen LogP contribution in [0.2, 0.25) is 5.02 Å². The van der Waals surface area contributed by atoms with E-state index in [-0.39, 0.29) is 11.7 Å². The van der Waals surface area contributed by atoms with E-state index in [2.05, 4.69) is 4.98 Å². The van der Waals surface area contributed by atoms with Gasteiger partial charge in [0.1, 0.15) is 0 Å². The van der Waals surface area contributed by atoms with Gasteiger partial charge in [0.2, 0.25) is 0 Å². The fourth-order valence-corrected chi connectivity index (χ4v) is 2.25. The molecular weight excluding hydrogens is 226 g/mol. The van der Waals surface area contributed by atoms with Crippen LogP contribution >= 0.6 is 11.6 Å². The van der Waals surface area contributed by atoms with Gasteiger partial charge in [-0.05, 0) is 31.0 Å². The average molecular weight is 240 g/mol. The number of rotatable bonds is 2. The number of benzene rings is 1. The number of hydrogen-bond acceptors (Lipinski definition) is 2. The third-order valence-corrected chi connectivity index (χ3v) is 2.85. The molecule has 2 rings (SSSR count). The molecule has 5 heteroatoms. The normalized spacial score (nSPS) is 13.2. The molecule has 1 atom stereocenters. The van der Waals surface area contributed by atoms with Gasteiger partial charge >= 0.3 is 5.69 Å². The maximum Gasteiger partial charge on any atom is 0.326 e. The van der Waals surface area contributed by atoms with E-state index >= 15 is 0 Å². The minimum atomic E-state index is -0.158. The van der Waals surface area contributed by atoms with Crippen LogP contribution in [-0.4, -0.2) is 15.6 Å². The quantitative estimate of drug-likeness (QED) is 0.832. The van der Waals surface area contributed by atoms with E-state index in [4.69, 9.17) is 17.3 Å². The van der Waals surface area contributed by atoms with Gasteiger partial charge in [0.15, 0.2) is 0 Å². The number of H-pyrrole nitrogens is 1. The number of nitrogens with one attached hydrogen (secondary N) is 1. The lowest BCUT2D eigenvalue weighted by atomic mass is 10.1. The van der Waals surface area contributed by atoms with Crippen LogP contribution in [0, 0.1) is 0 Å². The number of imidazole rings is 1. The number of aromatic nitrogens is 2. The summed E-state index contributed by atoms with van der Waals surface area (Å²) in [7, 11) is 1.69. The first-order valence-corrected chi connectivity index (χ1v) is 5.49. The molecule has 0 fully saturated rings. The van der Waals surface area contributed by atoms with Gasteiger partial charge in [-0.2, -0.15) is 0 Å². The van der Waals surface area contributed by atoms with E-state index in [0.29, 0.717) is 5.02 Å². The molecule has 0 aliphatic carbocycles. The summed E-state index contributed by atoms with van der Waals surface area (Å²) in [5.74, 6) is 0. The molecule has 0 radical (unpaired) electrons. The van der Waals surface area contributed by atoms with Gasteiger partial charge in [-0.25, -0.2) is 4.79 Å². The van der Waals surface area contributed by atoms with Crippen LogP contribution in [0.4, 0.5) is 0 Å². The largest absolute Gasteiger partial charge is 0.328 e. The summed E-state index contributed by atoms with van der Waals surface area (Å²) >= 11 is 6.14. The van der Waals surface area contributed by atoms with Crippen LogP contribution in [0.15, 0.2) is 16.9 Å². The number of fused-ring (bicyclic) bond motifs is 1. The van der Waals surface area contributed by atoms with Gasteiger partial charge in [0, 0.05) is 13.1 Å². The van der Waals surface area contributed by atoms with Crippen molar-refractivity contribution in [3.05, 3.63) is 33.2 Å². The number of nitrogens with two attached hydrogens (primary N) is 1. The molecule has 0 aliphatic heterocycles. The highest BCUT2D eigenvalue weighted by atomic mass is 35.5. The smallest absolute Gasteiger partial charge is 0.326 e. The fraction of sp³-hybridized carbons (Fsp3) is 0.364. The third-order valence-electron chi connectivity index (χ3n) is 2.56. The second kappa shape index (κ2) is 3.96. The zero-order valence-corrected chi connectivity index (χ0v) is 10.0. The summed E-state index contributed by atoms with van der Waals surface area (Å²) in [6, 6.07) is 3.86. The Hall–Kier alpha value is -1.26. The van der Waals surface area contributed by atoms with Gasteiger partial charge in [0.05, 0.1) is 16.1 Å². The molecule has 16 heavy (non-hydrogen) atoms. The van der Waals surface area contributed by atoms with E-state index in [9.17, 15) is 4.79 Å². The number of aromatic amines is 1. The van der Waals surface area contributed by atoms with Crippen molar-refractivity contribution in [3.8, 4) is 0 Å². The highest BCUT2D eigenvalue weighted by Gasteiger charge is 2.09. The Kier molecular flexibility index (Phi) is 2.78. The van der Waals surface area contributed by atoms with E-state index in [1.165, 1.54) is 4.57 Å². The molecule has 1 aromatic carbocycles. The highest BCUT2D eigenvalue weighted by Crippen LogP contribution is 2.23. The lowest BCUT2D eigenvalue weighted by Gasteiger charge is -2.06. The van der Waals surface area contributed by atoms with Crippen molar-refractivity contribution < 1.29 is 0 Å². The summed E-state index contributed by atoms with van der Waals surface area (Å²) in [5.41, 5.74) is 8.11. The summed E-state index contributed by atoms with van der Waals surface area (Å²) < 4.78 is 1.51. The Morgan fingerprint density at radius 1 is 1.56 bits per heavy atom. The standard InChI is InChI=1S/C11H14ClN3O/c1-6(13)3-7-4-8(12)10-9(5-7)14-11(16)15(10)2/h4-6H,3,13H2,1-2H3,(H,14,16). The molecule has 4 nitrogen and oxygen atoms in total. The maximum atomic E-state index is 11.4. The Balaban J connectivity index is 2.64. The summed E-state index contributed by atoms with van der Waals surface area (Å²) in [4.78, 5) is 14.2. The molecule has 2 aromatic rings. The molecule has 0 saturated carbocycles. The van der Waals surface area contributed by atoms with Gasteiger partial charge in [-0.1, -0.05) is 11.6 Å². The summed E-state index contributed by atoms with van der Waals surface area (Å²) in [5, 5.41) is 0.578. The van der Waals surface area contributed by atoms with Crippen molar-refractivity contribution >= 4 is 22.6 Å². The van der Waals surface area contributed by atoms with Crippen molar-refractivity contribution in [1.82, 2.24) is 9.55 Å². The van der Waals surface area contributed by atoms with Crippen LogP contribution in [0.1, 0.15) is 12.5 Å². The zero-order chi connectivity index (χ0) is 11.9. The van der Waals surface area contributed by atoms with Crippen molar-refractivity contribution in [3.63, 3.8) is 0 Å². The van der Waals surface area contributed by atoms with Crippen molar-refractivity contribution in [2.75, 3.05) is 0 Å². The predicted octanol–water partition coefficient (Wildman–Crippen LogP) is 1.41. The fourth-order valence-electron chi connectivity index (χ4n) is 1.88. The van der Waals surface area contributed by atoms with Crippen LogP contribution in [0.5, 0.6) is 0 Å². The van der Waals surface area contributed by atoms with Crippen molar-refractivity contribution in [2.24, 2.45) is 12.8 Å². The maximum absolute atomic E-state index is 11.4. The van der Waals surface area contributed by atoms with Gasteiger partial charge in [-0.15, -0.1) is 0 Å². The third kappa shape index (κ3) is 1.86. The van der Waals surface area contributed by atoms with Crippen LogP contribution < -0.4 is 11.4 Å². The minimum absolute atomic E-state index is 0.0731. The first-order valence-electron chi connectivity index (χ1n) is 5.11. The summed E-state index contributed by atoms with van der Waals surface area (Å²) in [6.07, 6.45) is 0.743. The lowest BCUT2D eigenvalue weighted by molar-refractivity contribution is 0.738. The Labute approximate surface area is 98.0 Å². The number of halogens is 1. The molecule has 1 unspecified atom stereocenters. The Morgan fingerprint density at radius 2 is 2.25 bits per heavy atom. The second-order valence-corrected chi connectivity index (χ2v) is 4.55. The summed E-state index contributed by atoms with van der Waals surface area (Å²) in [6.45, 7) is 1.94. The number of aryl methyl sites for hydroxylation is 1. The first kappa shape index (κ1) is 11.2. The molecule has 0 saturated heterocycles. The van der Waals surface area contributed by atoms with Crippen molar-refractivity contribution in [1.29, 1.82) is 0 Å². The molecular formula is C11H14ClN3O. The monoisotopic (exact) mass is 239 g/mol. The average Bonchev–Trinajstić information content (AvgIpc) is 2.41. The molecule has 0 bridgehead atoms. The lowest BCUT2D eigenvalue weighted by Crippen LogP contribution is -2.17. The molecule has 1 heterocycles. The van der Waals surface area contributed by atoms with Gasteiger partial charge < -0.3 is 10.7 Å². The Morgan fingerprint density at radius 3 is 2.88 bits per heavy atom. The Bertz CT molecular complexity index is 583. The van der Waals surface area contributed by atoms with Gasteiger partial charge in [0.25, 0.3) is 0 Å². The van der Waals surface area contributed by atoms with E-state index in [0.717, 1.165) is 23.0 Å². The zero-order valence-electron chi connectivity index (χ0n) is 9.25. The van der Waals surface area contributed by atoms with E-state index in [1.807, 2.05) is 19.1 Å². The van der Waals surface area contributed by atoms with Crippen LogP contribution in [-0.2, 0) is 13.5 Å². The number of nitrogens with zero attached hydrogens (tertiary/aromatic N) is 1. The van der Waals surface area contributed by atoms with E-state index in [1.54, 1.807) is 7.05 Å². The predicted molar refractivity (Wildman–Crippen MR) is 65.9 cm³/mol. The van der Waals surface area contributed by atoms with Gasteiger partial charge in [-0.3, -0.25) is 4.57 Å². The topological polar surface area (TPSA) is 63.8 Å². The van der Waals surface area contributed by atoms with Crippen LogP contribution in [0.3, 0.4) is 0 Å². The SMILES string of the molecule is CC(N)Cc1cc(Cl)c2c(c1)[nH]c(=O)n2C. The van der Waals surface area contributed by atoms with Crippen molar-refractivity contribution in [2.45, 2.75) is 19.4 Å².